The number of amides is 1. The summed E-state index contributed by atoms with van der Waals surface area (Å²) in [6, 6.07) is 6.34. The fourth-order valence-corrected chi connectivity index (χ4v) is 3.47. The Balaban J connectivity index is 1.48. The average molecular weight is 505 g/mol. The topological polar surface area (TPSA) is 149 Å². The van der Waals surface area contributed by atoms with Crippen LogP contribution in [0.15, 0.2) is 35.1 Å². The highest BCUT2D eigenvalue weighted by Crippen LogP contribution is 2.26. The Morgan fingerprint density at radius 2 is 1.97 bits per heavy atom. The van der Waals surface area contributed by atoms with Crippen molar-refractivity contribution in [1.82, 2.24) is 15.3 Å². The first-order valence-electron chi connectivity index (χ1n) is 10.7. The van der Waals surface area contributed by atoms with Gasteiger partial charge in [0.15, 0.2) is 35.1 Å². The van der Waals surface area contributed by atoms with Crippen LogP contribution in [-0.2, 0) is 20.8 Å². The van der Waals surface area contributed by atoms with Crippen molar-refractivity contribution in [2.24, 2.45) is 0 Å². The van der Waals surface area contributed by atoms with E-state index in [-0.39, 0.29) is 48.8 Å². The number of hydrogen-bond donors (Lipinski definition) is 3. The smallest absolute Gasteiger partial charge is 0.335 e. The zero-order valence-electron chi connectivity index (χ0n) is 18.9. The molecular formula is C23H21F2N3O8. The van der Waals surface area contributed by atoms with E-state index in [4.69, 9.17) is 24.1 Å². The van der Waals surface area contributed by atoms with E-state index in [9.17, 15) is 23.2 Å². The predicted molar refractivity (Wildman–Crippen MR) is 119 cm³/mol. The summed E-state index contributed by atoms with van der Waals surface area (Å²) in [5.74, 6) is -3.96. The number of rotatable bonds is 8. The van der Waals surface area contributed by atoms with Crippen molar-refractivity contribution in [1.29, 1.82) is 0 Å². The first-order valence-corrected chi connectivity index (χ1v) is 10.7. The minimum Gasteiger partial charge on any atom is -0.494 e. The summed E-state index contributed by atoms with van der Waals surface area (Å²) in [4.78, 5) is 42.6. The van der Waals surface area contributed by atoms with E-state index in [0.29, 0.717) is 5.56 Å². The SMILES string of the molecule is COc1cc(CNC(=O)c2nc3ccc(F)c(OCC4COC(C(=O)O)CO4)c3c(=O)[nH]2)ccc1F. The molecule has 190 valence electrons. The van der Waals surface area contributed by atoms with Gasteiger partial charge in [-0.2, -0.15) is 0 Å². The molecule has 3 aromatic rings. The largest absolute Gasteiger partial charge is 0.494 e. The molecule has 0 saturated carbocycles. The zero-order chi connectivity index (χ0) is 25.8. The van der Waals surface area contributed by atoms with E-state index in [1.165, 1.54) is 31.4 Å². The highest BCUT2D eigenvalue weighted by Gasteiger charge is 2.28. The molecule has 4 rings (SSSR count). The van der Waals surface area contributed by atoms with Gasteiger partial charge in [0.1, 0.15) is 18.1 Å². The third kappa shape index (κ3) is 5.42. The second kappa shape index (κ2) is 10.7. The number of aromatic amines is 1. The van der Waals surface area contributed by atoms with Crippen LogP contribution in [0.5, 0.6) is 11.5 Å². The van der Waals surface area contributed by atoms with E-state index in [2.05, 4.69) is 15.3 Å². The molecule has 2 aromatic carbocycles. The van der Waals surface area contributed by atoms with Gasteiger partial charge >= 0.3 is 5.97 Å². The maximum Gasteiger partial charge on any atom is 0.335 e. The molecule has 13 heteroatoms. The van der Waals surface area contributed by atoms with Gasteiger partial charge < -0.3 is 34.4 Å². The molecule has 2 atom stereocenters. The number of nitrogens with zero attached hydrogens (tertiary/aromatic N) is 1. The molecule has 11 nitrogen and oxygen atoms in total. The Kier molecular flexibility index (Phi) is 7.41. The number of carboxylic acid groups (broad SMARTS) is 1. The maximum absolute atomic E-state index is 14.5. The van der Waals surface area contributed by atoms with Crippen LogP contribution in [0.4, 0.5) is 8.78 Å². The molecule has 36 heavy (non-hydrogen) atoms. The van der Waals surface area contributed by atoms with Gasteiger partial charge in [-0.1, -0.05) is 6.07 Å². The van der Waals surface area contributed by atoms with Gasteiger partial charge in [-0.3, -0.25) is 9.59 Å². The zero-order valence-corrected chi connectivity index (χ0v) is 18.9. The number of benzene rings is 2. The number of halogens is 2. The standard InChI is InChI=1S/C23H21F2N3O8/c1-33-16-6-11(2-3-13(16)24)7-26-22(30)20-27-15-5-4-14(25)19(18(15)21(29)28-20)36-9-12-8-35-17(10-34-12)23(31)32/h2-6,12,17H,7-10H2,1H3,(H,26,30)(H,31,32)(H,27,28,29). The normalized spacial score (nSPS) is 17.5. The van der Waals surface area contributed by atoms with Crippen LogP contribution in [0.1, 0.15) is 16.2 Å². The second-order valence-electron chi connectivity index (χ2n) is 7.76. The fourth-order valence-electron chi connectivity index (χ4n) is 3.47. The van der Waals surface area contributed by atoms with Gasteiger partial charge in [-0.05, 0) is 29.8 Å². The lowest BCUT2D eigenvalue weighted by Crippen LogP contribution is -2.42. The molecule has 2 unspecified atom stereocenters. The second-order valence-corrected chi connectivity index (χ2v) is 7.76. The number of H-pyrrole nitrogens is 1. The minimum atomic E-state index is -1.16. The van der Waals surface area contributed by atoms with Crippen LogP contribution >= 0.6 is 0 Å². The number of carbonyl (C=O) groups excluding carboxylic acids is 1. The summed E-state index contributed by atoms with van der Waals surface area (Å²) in [7, 11) is 1.32. The number of nitrogens with one attached hydrogen (secondary N) is 2. The number of aromatic nitrogens is 2. The summed E-state index contributed by atoms with van der Waals surface area (Å²) < 4.78 is 48.9. The highest BCUT2D eigenvalue weighted by atomic mass is 19.1. The Morgan fingerprint density at radius 1 is 1.19 bits per heavy atom. The van der Waals surface area contributed by atoms with Crippen molar-refractivity contribution in [3.8, 4) is 11.5 Å². The summed E-state index contributed by atoms with van der Waals surface area (Å²) in [5, 5.41) is 11.3. The molecule has 3 N–H and O–H groups in total. The summed E-state index contributed by atoms with van der Waals surface area (Å²) in [6.45, 7) is -0.513. The lowest BCUT2D eigenvalue weighted by Gasteiger charge is -2.27. The van der Waals surface area contributed by atoms with Crippen LogP contribution in [0, 0.1) is 11.6 Å². The molecule has 0 spiro atoms. The number of hydrogen-bond acceptors (Lipinski definition) is 8. The molecule has 1 fully saturated rings. The number of fused-ring (bicyclic) bond motifs is 1. The van der Waals surface area contributed by atoms with Crippen LogP contribution in [0.3, 0.4) is 0 Å². The van der Waals surface area contributed by atoms with Crippen molar-refractivity contribution in [2.45, 2.75) is 18.8 Å². The van der Waals surface area contributed by atoms with Crippen LogP contribution < -0.4 is 20.3 Å². The maximum atomic E-state index is 14.5. The Labute approximate surface area is 202 Å². The van der Waals surface area contributed by atoms with Crippen molar-refractivity contribution in [3.63, 3.8) is 0 Å². The van der Waals surface area contributed by atoms with Crippen LogP contribution in [0.2, 0.25) is 0 Å². The van der Waals surface area contributed by atoms with E-state index in [1.54, 1.807) is 0 Å². The number of carboxylic acids is 1. The Hall–Kier alpha value is -4.10. The van der Waals surface area contributed by atoms with Gasteiger partial charge in [0.05, 0.1) is 25.8 Å². The van der Waals surface area contributed by atoms with Crippen molar-refractivity contribution in [3.05, 3.63) is 63.7 Å². The molecule has 1 aliphatic rings. The summed E-state index contributed by atoms with van der Waals surface area (Å²) >= 11 is 0. The quantitative estimate of drug-likeness (QED) is 0.413. The molecule has 1 amide bonds. The number of methoxy groups -OCH3 is 1. The van der Waals surface area contributed by atoms with E-state index in [0.717, 1.165) is 6.07 Å². The lowest BCUT2D eigenvalue weighted by atomic mass is 10.2. The van der Waals surface area contributed by atoms with Crippen molar-refractivity contribution >= 4 is 22.8 Å². The average Bonchev–Trinajstić information content (AvgIpc) is 2.87. The fraction of sp³-hybridized carbons (Fsp3) is 0.304. The summed E-state index contributed by atoms with van der Waals surface area (Å²) in [5.41, 5.74) is -0.253. The van der Waals surface area contributed by atoms with E-state index >= 15 is 0 Å². The first-order chi connectivity index (χ1) is 17.3. The van der Waals surface area contributed by atoms with Crippen LogP contribution in [0.25, 0.3) is 10.9 Å². The van der Waals surface area contributed by atoms with Crippen molar-refractivity contribution in [2.75, 3.05) is 26.9 Å². The summed E-state index contributed by atoms with van der Waals surface area (Å²) in [6.07, 6.45) is -1.78. The van der Waals surface area contributed by atoms with Gasteiger partial charge in [0.2, 0.25) is 0 Å². The predicted octanol–water partition coefficient (Wildman–Crippen LogP) is 1.39. The molecule has 1 aromatic heterocycles. The van der Waals surface area contributed by atoms with Crippen molar-refractivity contribution < 1.29 is 42.4 Å². The van der Waals surface area contributed by atoms with Gasteiger partial charge in [-0.15, -0.1) is 0 Å². The third-order valence-electron chi connectivity index (χ3n) is 5.32. The van der Waals surface area contributed by atoms with Gasteiger partial charge in [0.25, 0.3) is 11.5 Å². The minimum absolute atomic E-state index is 0.00119. The monoisotopic (exact) mass is 505 g/mol. The molecule has 1 saturated heterocycles. The molecule has 0 radical (unpaired) electrons. The number of aliphatic carboxylic acids is 1. The van der Waals surface area contributed by atoms with E-state index in [1.807, 2.05) is 0 Å². The highest BCUT2D eigenvalue weighted by molar-refractivity contribution is 5.93. The van der Waals surface area contributed by atoms with Gasteiger partial charge in [-0.25, -0.2) is 18.6 Å². The first kappa shape index (κ1) is 25.0. The molecular weight excluding hydrogens is 484 g/mol. The van der Waals surface area contributed by atoms with Crippen LogP contribution in [-0.4, -0.2) is 66.1 Å². The third-order valence-corrected chi connectivity index (χ3v) is 5.32. The van der Waals surface area contributed by atoms with E-state index < -0.39 is 47.0 Å². The molecule has 0 aliphatic carbocycles. The number of ether oxygens (including phenoxy) is 4. The Bertz CT molecular complexity index is 1360. The Morgan fingerprint density at radius 3 is 2.67 bits per heavy atom. The number of carbonyl (C=O) groups is 2. The lowest BCUT2D eigenvalue weighted by molar-refractivity contribution is -0.178. The molecule has 1 aliphatic heterocycles. The van der Waals surface area contributed by atoms with Gasteiger partial charge in [0, 0.05) is 6.54 Å². The molecule has 2 heterocycles. The molecule has 0 bridgehead atoms.